The van der Waals surface area contributed by atoms with Gasteiger partial charge in [0.15, 0.2) is 0 Å². The van der Waals surface area contributed by atoms with Gasteiger partial charge in [-0.05, 0) is 18.6 Å². The van der Waals surface area contributed by atoms with Crippen LogP contribution < -0.4 is 0 Å². The molecule has 5 nitrogen and oxygen atoms in total. The maximum atomic E-state index is 12.5. The fourth-order valence-corrected chi connectivity index (χ4v) is 2.22. The van der Waals surface area contributed by atoms with E-state index in [9.17, 15) is 9.59 Å². The Bertz CT molecular complexity index is 649. The third-order valence-corrected chi connectivity index (χ3v) is 3.32. The van der Waals surface area contributed by atoms with Gasteiger partial charge >= 0.3 is 5.97 Å². The lowest BCUT2D eigenvalue weighted by molar-refractivity contribution is -0.142. The smallest absolute Gasteiger partial charge is 0.326 e. The number of likely N-dealkylation sites (N-methyl/N-ethyl adjacent to an activating group) is 1. The van der Waals surface area contributed by atoms with Gasteiger partial charge in [0.05, 0.1) is 11.1 Å². The number of benzene rings is 1. The highest BCUT2D eigenvalue weighted by Crippen LogP contribution is 2.18. The molecule has 0 spiro atoms. The number of rotatable bonds is 4. The minimum atomic E-state index is -1.00. The first-order chi connectivity index (χ1) is 9.56. The molecule has 0 saturated heterocycles. The van der Waals surface area contributed by atoms with Crippen molar-refractivity contribution in [3.05, 3.63) is 42.1 Å². The molecule has 1 atom stereocenters. The molecule has 104 valence electrons. The Kier molecular flexibility index (Phi) is 3.98. The topological polar surface area (TPSA) is 70.5 Å². The van der Waals surface area contributed by atoms with Crippen LogP contribution in [0.1, 0.15) is 23.7 Å². The van der Waals surface area contributed by atoms with Gasteiger partial charge in [0.1, 0.15) is 6.04 Å². The SMILES string of the molecule is CCC(C(=O)O)N(C)C(=O)c1cccc2cccnc12. The zero-order chi connectivity index (χ0) is 14.7. The Morgan fingerprint density at radius 3 is 2.65 bits per heavy atom. The zero-order valence-corrected chi connectivity index (χ0v) is 11.4. The van der Waals surface area contributed by atoms with Crippen molar-refractivity contribution in [2.75, 3.05) is 7.05 Å². The summed E-state index contributed by atoms with van der Waals surface area (Å²) in [5.41, 5.74) is 1.01. The monoisotopic (exact) mass is 272 g/mol. The summed E-state index contributed by atoms with van der Waals surface area (Å²) in [6.07, 6.45) is 1.98. The molecule has 5 heteroatoms. The standard InChI is InChI=1S/C15H16N2O3/c1-3-12(15(19)20)17(2)14(18)11-8-4-6-10-7-5-9-16-13(10)11/h4-9,12H,3H2,1-2H3,(H,19,20). The first kappa shape index (κ1) is 14.0. The van der Waals surface area contributed by atoms with Crippen LogP contribution in [0.3, 0.4) is 0 Å². The van der Waals surface area contributed by atoms with Crippen LogP contribution >= 0.6 is 0 Å². The van der Waals surface area contributed by atoms with Crippen molar-refractivity contribution in [2.24, 2.45) is 0 Å². The maximum absolute atomic E-state index is 12.5. The zero-order valence-electron chi connectivity index (χ0n) is 11.4. The van der Waals surface area contributed by atoms with Gasteiger partial charge in [-0.3, -0.25) is 9.78 Å². The fraction of sp³-hybridized carbons (Fsp3) is 0.267. The van der Waals surface area contributed by atoms with Crippen LogP contribution in [0.4, 0.5) is 0 Å². The Morgan fingerprint density at radius 2 is 2.00 bits per heavy atom. The Labute approximate surface area is 116 Å². The lowest BCUT2D eigenvalue weighted by Gasteiger charge is -2.24. The van der Waals surface area contributed by atoms with Gasteiger partial charge in [0.25, 0.3) is 5.91 Å². The largest absolute Gasteiger partial charge is 0.480 e. The van der Waals surface area contributed by atoms with E-state index in [-0.39, 0.29) is 5.91 Å². The van der Waals surface area contributed by atoms with E-state index >= 15 is 0 Å². The summed E-state index contributed by atoms with van der Waals surface area (Å²) in [7, 11) is 1.51. The number of hydrogen-bond acceptors (Lipinski definition) is 3. The molecule has 0 aliphatic carbocycles. The molecule has 2 aromatic rings. The highest BCUT2D eigenvalue weighted by atomic mass is 16.4. The van der Waals surface area contributed by atoms with E-state index in [1.165, 1.54) is 11.9 Å². The van der Waals surface area contributed by atoms with E-state index in [1.807, 2.05) is 12.1 Å². The van der Waals surface area contributed by atoms with Crippen LogP contribution in [-0.2, 0) is 4.79 Å². The highest BCUT2D eigenvalue weighted by Gasteiger charge is 2.26. The minimum Gasteiger partial charge on any atom is -0.480 e. The number of para-hydroxylation sites is 1. The lowest BCUT2D eigenvalue weighted by Crippen LogP contribution is -2.42. The molecule has 0 radical (unpaired) electrons. The number of aromatic nitrogens is 1. The van der Waals surface area contributed by atoms with Crippen LogP contribution in [0.15, 0.2) is 36.5 Å². The van der Waals surface area contributed by atoms with Gasteiger partial charge < -0.3 is 10.0 Å². The van der Waals surface area contributed by atoms with Gasteiger partial charge in [-0.25, -0.2) is 4.79 Å². The predicted molar refractivity (Wildman–Crippen MR) is 75.6 cm³/mol. The van der Waals surface area contributed by atoms with Crippen molar-refractivity contribution in [3.8, 4) is 0 Å². The molecule has 0 saturated carbocycles. The van der Waals surface area contributed by atoms with Gasteiger partial charge in [-0.1, -0.05) is 25.1 Å². The molecule has 2 rings (SSSR count). The molecular formula is C15H16N2O3. The average Bonchev–Trinajstić information content (AvgIpc) is 2.46. The number of carboxylic acid groups (broad SMARTS) is 1. The fourth-order valence-electron chi connectivity index (χ4n) is 2.22. The predicted octanol–water partition coefficient (Wildman–Crippen LogP) is 2.17. The van der Waals surface area contributed by atoms with Crippen LogP contribution in [0.2, 0.25) is 0 Å². The lowest BCUT2D eigenvalue weighted by atomic mass is 10.1. The molecule has 0 bridgehead atoms. The second-order valence-electron chi connectivity index (χ2n) is 4.56. The van der Waals surface area contributed by atoms with E-state index in [2.05, 4.69) is 4.98 Å². The molecule has 1 aromatic carbocycles. The summed E-state index contributed by atoms with van der Waals surface area (Å²) in [4.78, 5) is 29.1. The number of aliphatic carboxylic acids is 1. The highest BCUT2D eigenvalue weighted by molar-refractivity contribution is 6.06. The third-order valence-electron chi connectivity index (χ3n) is 3.32. The molecule has 1 aromatic heterocycles. The number of amides is 1. The minimum absolute atomic E-state index is 0.330. The van der Waals surface area contributed by atoms with Gasteiger partial charge in [0.2, 0.25) is 0 Å². The quantitative estimate of drug-likeness (QED) is 0.926. The van der Waals surface area contributed by atoms with E-state index in [0.717, 1.165) is 5.39 Å². The van der Waals surface area contributed by atoms with Crippen LogP contribution in [0.5, 0.6) is 0 Å². The summed E-state index contributed by atoms with van der Waals surface area (Å²) in [6.45, 7) is 1.74. The van der Waals surface area contributed by atoms with Gasteiger partial charge in [0, 0.05) is 18.6 Å². The molecule has 0 fully saturated rings. The molecular weight excluding hydrogens is 256 g/mol. The van der Waals surface area contributed by atoms with Crippen molar-refractivity contribution >= 4 is 22.8 Å². The maximum Gasteiger partial charge on any atom is 0.326 e. The second-order valence-corrected chi connectivity index (χ2v) is 4.56. The van der Waals surface area contributed by atoms with Crippen LogP contribution in [0, 0.1) is 0 Å². The summed E-state index contributed by atoms with van der Waals surface area (Å²) < 4.78 is 0. The number of carboxylic acids is 1. The molecule has 0 aliphatic heterocycles. The van der Waals surface area contributed by atoms with Gasteiger partial charge in [-0.15, -0.1) is 0 Å². The molecule has 20 heavy (non-hydrogen) atoms. The average molecular weight is 272 g/mol. The first-order valence-electron chi connectivity index (χ1n) is 6.40. The Balaban J connectivity index is 2.43. The first-order valence-corrected chi connectivity index (χ1v) is 6.40. The molecule has 1 amide bonds. The summed E-state index contributed by atoms with van der Waals surface area (Å²) in [6, 6.07) is 8.14. The van der Waals surface area contributed by atoms with Gasteiger partial charge in [-0.2, -0.15) is 0 Å². The summed E-state index contributed by atoms with van der Waals surface area (Å²) in [5, 5.41) is 10.00. The molecule has 1 unspecified atom stereocenters. The normalized spacial score (nSPS) is 12.1. The molecule has 1 heterocycles. The number of carbonyl (C=O) groups is 2. The van der Waals surface area contributed by atoms with Crippen LogP contribution in [-0.4, -0.2) is 40.0 Å². The molecule has 0 aliphatic rings. The van der Waals surface area contributed by atoms with Crippen molar-refractivity contribution in [3.63, 3.8) is 0 Å². The van der Waals surface area contributed by atoms with E-state index < -0.39 is 12.0 Å². The van der Waals surface area contributed by atoms with E-state index in [4.69, 9.17) is 5.11 Å². The second kappa shape index (κ2) is 5.69. The van der Waals surface area contributed by atoms with Crippen molar-refractivity contribution < 1.29 is 14.7 Å². The third kappa shape index (κ3) is 2.47. The van der Waals surface area contributed by atoms with Crippen molar-refractivity contribution in [1.82, 2.24) is 9.88 Å². The molecule has 1 N–H and O–H groups in total. The summed E-state index contributed by atoms with van der Waals surface area (Å²) in [5.74, 6) is -1.33. The number of fused-ring (bicyclic) bond motifs is 1. The van der Waals surface area contributed by atoms with Crippen molar-refractivity contribution in [1.29, 1.82) is 0 Å². The van der Waals surface area contributed by atoms with E-state index in [1.54, 1.807) is 31.3 Å². The number of carbonyl (C=O) groups excluding carboxylic acids is 1. The Hall–Kier alpha value is -2.43. The van der Waals surface area contributed by atoms with Crippen molar-refractivity contribution in [2.45, 2.75) is 19.4 Å². The number of hydrogen-bond donors (Lipinski definition) is 1. The summed E-state index contributed by atoms with van der Waals surface area (Å²) >= 11 is 0. The number of pyridine rings is 1. The number of nitrogens with zero attached hydrogens (tertiary/aromatic N) is 2. The Morgan fingerprint density at radius 1 is 1.30 bits per heavy atom. The van der Waals surface area contributed by atoms with Crippen LogP contribution in [0.25, 0.3) is 10.9 Å². The van der Waals surface area contributed by atoms with E-state index in [0.29, 0.717) is 17.5 Å².